The number of hydrogen-bond acceptors (Lipinski definition) is 1. The zero-order valence-corrected chi connectivity index (χ0v) is 16.4. The van der Waals surface area contributed by atoms with Gasteiger partial charge in [-0.2, -0.15) is 0 Å². The first-order chi connectivity index (χ1) is 12.7. The Hall–Kier alpha value is -2.11. The van der Waals surface area contributed by atoms with E-state index < -0.39 is 7.14 Å². The van der Waals surface area contributed by atoms with E-state index >= 15 is 0 Å². The van der Waals surface area contributed by atoms with Crippen molar-refractivity contribution in [2.45, 2.75) is 32.6 Å². The number of benzene rings is 3. The van der Waals surface area contributed by atoms with Crippen molar-refractivity contribution >= 4 is 17.8 Å². The fourth-order valence-corrected chi connectivity index (χ4v) is 6.13. The van der Waals surface area contributed by atoms with E-state index in [9.17, 15) is 4.57 Å². The van der Waals surface area contributed by atoms with Crippen LogP contribution in [0, 0.1) is 0 Å². The zero-order chi connectivity index (χ0) is 18.2. The molecule has 3 aromatic rings. The molecule has 0 aliphatic heterocycles. The average molecular weight is 362 g/mol. The van der Waals surface area contributed by atoms with Gasteiger partial charge in [-0.15, -0.1) is 0 Å². The van der Waals surface area contributed by atoms with Gasteiger partial charge >= 0.3 is 0 Å². The Morgan fingerprint density at radius 1 is 0.615 bits per heavy atom. The molecule has 3 aromatic carbocycles. The van der Waals surface area contributed by atoms with Gasteiger partial charge in [0.2, 0.25) is 0 Å². The lowest BCUT2D eigenvalue weighted by Gasteiger charge is -2.20. The third-order valence-corrected chi connectivity index (χ3v) is 8.10. The van der Waals surface area contributed by atoms with Gasteiger partial charge in [-0.1, -0.05) is 111 Å². The van der Waals surface area contributed by atoms with Crippen molar-refractivity contribution in [3.8, 4) is 11.1 Å². The topological polar surface area (TPSA) is 17.1 Å². The molecule has 0 aliphatic carbocycles. The first kappa shape index (κ1) is 18.7. The van der Waals surface area contributed by atoms with Crippen LogP contribution in [0.2, 0.25) is 0 Å². The van der Waals surface area contributed by atoms with Gasteiger partial charge in [0.25, 0.3) is 0 Å². The Kier molecular flexibility index (Phi) is 6.47. The molecular weight excluding hydrogens is 335 g/mol. The first-order valence-corrected chi connectivity index (χ1v) is 11.4. The van der Waals surface area contributed by atoms with Crippen LogP contribution < -0.4 is 10.6 Å². The molecule has 2 heteroatoms. The minimum absolute atomic E-state index is 0.752. The van der Waals surface area contributed by atoms with Gasteiger partial charge in [0.15, 0.2) is 0 Å². The summed E-state index contributed by atoms with van der Waals surface area (Å²) in [5.74, 6) is 0. The van der Waals surface area contributed by atoms with Crippen LogP contribution in [0.5, 0.6) is 0 Å². The molecule has 0 saturated heterocycles. The summed E-state index contributed by atoms with van der Waals surface area (Å²) in [6, 6.07) is 28.7. The fourth-order valence-electron chi connectivity index (χ4n) is 3.36. The molecule has 0 heterocycles. The van der Waals surface area contributed by atoms with Gasteiger partial charge < -0.3 is 4.57 Å². The molecule has 0 radical (unpaired) electrons. The van der Waals surface area contributed by atoms with E-state index in [1.807, 2.05) is 48.5 Å². The van der Waals surface area contributed by atoms with Crippen molar-refractivity contribution in [2.24, 2.45) is 0 Å². The molecule has 0 spiro atoms. The first-order valence-electron chi connectivity index (χ1n) is 9.55. The highest BCUT2D eigenvalue weighted by molar-refractivity contribution is 7.78. The number of rotatable bonds is 8. The minimum atomic E-state index is -2.58. The van der Waals surface area contributed by atoms with Crippen LogP contribution in [0.25, 0.3) is 11.1 Å². The lowest BCUT2D eigenvalue weighted by Crippen LogP contribution is -2.18. The summed E-state index contributed by atoms with van der Waals surface area (Å²) in [5, 5.41) is 1.95. The maximum absolute atomic E-state index is 14.0. The van der Waals surface area contributed by atoms with Gasteiger partial charge in [0, 0.05) is 16.8 Å². The SMILES string of the molecule is CCCCCCP(=O)(c1ccccc1)c1ccc(-c2ccccc2)cc1. The van der Waals surface area contributed by atoms with Crippen LogP contribution in [0.15, 0.2) is 84.9 Å². The summed E-state index contributed by atoms with van der Waals surface area (Å²) in [6.45, 7) is 2.21. The van der Waals surface area contributed by atoms with Crippen molar-refractivity contribution in [3.63, 3.8) is 0 Å². The van der Waals surface area contributed by atoms with Gasteiger partial charge in [0.1, 0.15) is 7.14 Å². The summed E-state index contributed by atoms with van der Waals surface area (Å²) in [4.78, 5) is 0. The maximum Gasteiger partial charge on any atom is 0.143 e. The molecule has 3 rings (SSSR count). The molecule has 0 fully saturated rings. The van der Waals surface area contributed by atoms with E-state index in [2.05, 4.69) is 43.3 Å². The maximum atomic E-state index is 14.0. The Morgan fingerprint density at radius 2 is 1.15 bits per heavy atom. The lowest BCUT2D eigenvalue weighted by molar-refractivity contribution is 0.583. The smallest absolute Gasteiger partial charge is 0.143 e. The van der Waals surface area contributed by atoms with E-state index in [1.54, 1.807) is 0 Å². The summed E-state index contributed by atoms with van der Waals surface area (Å²) >= 11 is 0. The quantitative estimate of drug-likeness (QED) is 0.342. The Balaban J connectivity index is 1.90. The van der Waals surface area contributed by atoms with Gasteiger partial charge in [-0.25, -0.2) is 0 Å². The van der Waals surface area contributed by atoms with Crippen molar-refractivity contribution in [1.29, 1.82) is 0 Å². The number of hydrogen-bond donors (Lipinski definition) is 0. The van der Waals surface area contributed by atoms with Crippen LogP contribution in [0.3, 0.4) is 0 Å². The third kappa shape index (κ3) is 4.34. The molecule has 26 heavy (non-hydrogen) atoms. The summed E-state index contributed by atoms with van der Waals surface area (Å²) in [7, 11) is -2.58. The van der Waals surface area contributed by atoms with Gasteiger partial charge in [-0.05, 0) is 17.5 Å². The second kappa shape index (κ2) is 9.01. The molecule has 0 amide bonds. The highest BCUT2D eigenvalue weighted by Gasteiger charge is 2.26. The van der Waals surface area contributed by atoms with Crippen LogP contribution in [0.1, 0.15) is 32.6 Å². The fraction of sp³-hybridized carbons (Fsp3) is 0.250. The van der Waals surface area contributed by atoms with Crippen LogP contribution in [0.4, 0.5) is 0 Å². The second-order valence-corrected chi connectivity index (χ2v) is 9.73. The molecular formula is C24H27OP. The number of unbranched alkanes of at least 4 members (excludes halogenated alkanes) is 3. The van der Waals surface area contributed by atoms with Crippen LogP contribution in [-0.2, 0) is 4.57 Å². The van der Waals surface area contributed by atoms with Crippen molar-refractivity contribution in [2.75, 3.05) is 6.16 Å². The van der Waals surface area contributed by atoms with E-state index in [0.29, 0.717) is 0 Å². The second-order valence-electron chi connectivity index (χ2n) is 6.77. The Morgan fingerprint density at radius 3 is 1.77 bits per heavy atom. The largest absolute Gasteiger partial charge is 0.314 e. The van der Waals surface area contributed by atoms with E-state index in [-0.39, 0.29) is 0 Å². The van der Waals surface area contributed by atoms with E-state index in [4.69, 9.17) is 0 Å². The normalized spacial score (nSPS) is 13.3. The Bertz CT molecular complexity index is 838. The Labute approximate surface area is 157 Å². The van der Waals surface area contributed by atoms with Crippen LogP contribution >= 0.6 is 7.14 Å². The van der Waals surface area contributed by atoms with E-state index in [1.165, 1.54) is 24.0 Å². The van der Waals surface area contributed by atoms with Gasteiger partial charge in [0.05, 0.1) is 0 Å². The minimum Gasteiger partial charge on any atom is -0.314 e. The summed E-state index contributed by atoms with van der Waals surface area (Å²) in [6.07, 6.45) is 5.32. The predicted molar refractivity (Wildman–Crippen MR) is 114 cm³/mol. The predicted octanol–water partition coefficient (Wildman–Crippen LogP) is 6.25. The zero-order valence-electron chi connectivity index (χ0n) is 15.5. The molecule has 0 bridgehead atoms. The highest BCUT2D eigenvalue weighted by atomic mass is 31.2. The van der Waals surface area contributed by atoms with Crippen molar-refractivity contribution in [3.05, 3.63) is 84.9 Å². The third-order valence-electron chi connectivity index (χ3n) is 4.89. The molecule has 0 saturated carbocycles. The molecule has 1 nitrogen and oxygen atoms in total. The molecule has 0 N–H and O–H groups in total. The summed E-state index contributed by atoms with van der Waals surface area (Å²) < 4.78 is 14.0. The molecule has 1 atom stereocenters. The standard InChI is InChI=1S/C24H27OP/c1-2-3-4-11-20-26(25,23-14-9-6-10-15-23)24-18-16-22(17-19-24)21-12-7-5-8-13-21/h5-10,12-19H,2-4,11,20H2,1H3. The average Bonchev–Trinajstić information content (AvgIpc) is 2.72. The highest BCUT2D eigenvalue weighted by Crippen LogP contribution is 2.44. The van der Waals surface area contributed by atoms with Gasteiger partial charge in [-0.3, -0.25) is 0 Å². The lowest BCUT2D eigenvalue weighted by atomic mass is 10.1. The molecule has 1 unspecified atom stereocenters. The van der Waals surface area contributed by atoms with Crippen molar-refractivity contribution in [1.82, 2.24) is 0 Å². The monoisotopic (exact) mass is 362 g/mol. The van der Waals surface area contributed by atoms with Crippen LogP contribution in [-0.4, -0.2) is 6.16 Å². The van der Waals surface area contributed by atoms with E-state index in [0.717, 1.165) is 29.6 Å². The molecule has 0 aliphatic rings. The molecule has 0 aromatic heterocycles. The molecule has 134 valence electrons. The summed E-state index contributed by atoms with van der Waals surface area (Å²) in [5.41, 5.74) is 2.36. The van der Waals surface area contributed by atoms with Crippen molar-refractivity contribution < 1.29 is 4.57 Å².